The van der Waals surface area contributed by atoms with Crippen LogP contribution in [0.3, 0.4) is 0 Å². The van der Waals surface area contributed by atoms with Crippen LogP contribution in [0.15, 0.2) is 0 Å². The summed E-state index contributed by atoms with van der Waals surface area (Å²) in [7, 11) is 0. The van der Waals surface area contributed by atoms with E-state index < -0.39 is 30.7 Å². The molecule has 0 rings (SSSR count). The predicted octanol–water partition coefficient (Wildman–Crippen LogP) is 2.66. The number of carbonyl (C=O) groups excluding carboxylic acids is 3. The predicted molar refractivity (Wildman–Crippen MR) is 78.6 cm³/mol. The van der Waals surface area contributed by atoms with E-state index >= 15 is 0 Å². The fraction of sp³-hybridized carbons (Fsp3) is 0.800. The number of hydrogen-bond donors (Lipinski definition) is 0. The summed E-state index contributed by atoms with van der Waals surface area (Å²) in [5.74, 6) is -2.15. The first-order valence-electron chi connectivity index (χ1n) is 7.05. The van der Waals surface area contributed by atoms with Crippen molar-refractivity contribution >= 4 is 17.3 Å². The van der Waals surface area contributed by atoms with Gasteiger partial charge in [-0.25, -0.2) is 0 Å². The fourth-order valence-electron chi connectivity index (χ4n) is 1.49. The quantitative estimate of drug-likeness (QED) is 0.683. The first-order chi connectivity index (χ1) is 9.88. The summed E-state index contributed by atoms with van der Waals surface area (Å²) < 4.78 is 32.2. The maximum atomic E-state index is 11.3. The van der Waals surface area contributed by atoms with Crippen molar-refractivity contribution < 1.29 is 43.2 Å². The topological polar surface area (TPSA) is 104 Å². The van der Waals surface area contributed by atoms with E-state index in [4.69, 9.17) is 7.58 Å². The van der Waals surface area contributed by atoms with E-state index in [0.29, 0.717) is 0 Å². The van der Waals surface area contributed by atoms with Crippen LogP contribution in [0.5, 0.6) is 0 Å². The van der Waals surface area contributed by atoms with Gasteiger partial charge in [0.25, 0.3) is 0 Å². The molecule has 23 heavy (non-hydrogen) atoms. The minimum atomic E-state index is -4.65. The second-order valence-corrected chi connectivity index (χ2v) is 8.86. The Hall–Kier alpha value is -0.938. The Morgan fingerprint density at radius 3 is 1.00 bits per heavy atom. The molecule has 0 amide bonds. The molecule has 0 saturated carbocycles. The van der Waals surface area contributed by atoms with E-state index in [-0.39, 0.29) is 17.3 Å². The third kappa shape index (κ3) is 14.4. The fourth-order valence-corrected chi connectivity index (χ4v) is 3.45. The molecule has 0 heterocycles. The molecule has 7 nitrogen and oxygen atoms in total. The van der Waals surface area contributed by atoms with Crippen LogP contribution in [0.2, 0.25) is 0 Å². The van der Waals surface area contributed by atoms with Crippen LogP contribution in [0.25, 0.3) is 0 Å². The van der Waals surface area contributed by atoms with Crippen molar-refractivity contribution in [1.29, 1.82) is 0 Å². The van der Waals surface area contributed by atoms with Gasteiger partial charge in [-0.1, -0.05) is 0 Å². The van der Waals surface area contributed by atoms with Crippen LogP contribution >= 0.6 is 0 Å². The van der Waals surface area contributed by atoms with Crippen molar-refractivity contribution in [3.05, 3.63) is 0 Å². The molecule has 0 aliphatic rings. The Morgan fingerprint density at radius 2 is 0.913 bits per heavy atom. The van der Waals surface area contributed by atoms with Crippen LogP contribution in [-0.2, 0) is 43.2 Å². The maximum absolute atomic E-state index is 11.3. The van der Waals surface area contributed by atoms with E-state index in [9.17, 15) is 22.0 Å². The van der Waals surface area contributed by atoms with Gasteiger partial charge in [-0.3, -0.25) is 14.4 Å². The molecular weight excluding hydrogens is 344 g/mol. The Labute approximate surface area is 140 Å². The Bertz CT molecular complexity index is 478. The van der Waals surface area contributed by atoms with Crippen LogP contribution in [0.1, 0.15) is 62.3 Å². The van der Waals surface area contributed by atoms with Crippen molar-refractivity contribution in [2.45, 2.75) is 73.5 Å². The molecule has 0 N–H and O–H groups in total. The standard InChI is InChI=1S/C7H10O3.2C4H9O.Cr.2O/c1-4(8)7(5(2)9)6(3)10;2*1-4(2,3)5;;;/h7H,1-3H3;2*1-3H3;;;/q;2*-1;+2;;. The van der Waals surface area contributed by atoms with Gasteiger partial charge in [0, 0.05) is 0 Å². The molecule has 0 aromatic rings. The average molecular weight is 372 g/mol. The van der Waals surface area contributed by atoms with Gasteiger partial charge in [-0.15, -0.1) is 0 Å². The van der Waals surface area contributed by atoms with Gasteiger partial charge in [0.2, 0.25) is 0 Å². The van der Waals surface area contributed by atoms with E-state index in [1.165, 1.54) is 20.8 Å². The first kappa shape index (κ1) is 24.3. The summed E-state index contributed by atoms with van der Waals surface area (Å²) in [6.07, 6.45) is 0. The molecule has 0 fully saturated rings. The summed E-state index contributed by atoms with van der Waals surface area (Å²) in [5, 5.41) is 0. The van der Waals surface area contributed by atoms with Crippen molar-refractivity contribution in [3.63, 3.8) is 0 Å². The minimum absolute atomic E-state index is 0.375. The summed E-state index contributed by atoms with van der Waals surface area (Å²) in [6.45, 7) is 13.7. The molecule has 0 aliphatic carbocycles. The zero-order valence-electron chi connectivity index (χ0n) is 15.3. The number of carbonyl (C=O) groups is 3. The van der Waals surface area contributed by atoms with Gasteiger partial charge in [-0.05, 0) is 20.8 Å². The van der Waals surface area contributed by atoms with E-state index in [1.54, 1.807) is 41.5 Å². The van der Waals surface area contributed by atoms with Crippen molar-refractivity contribution in [2.75, 3.05) is 0 Å². The monoisotopic (exact) mass is 372 g/mol. The molecule has 0 unspecified atom stereocenters. The number of ketones is 3. The zero-order valence-corrected chi connectivity index (χ0v) is 16.6. The van der Waals surface area contributed by atoms with Gasteiger partial charge in [0.15, 0.2) is 0 Å². The van der Waals surface area contributed by atoms with Gasteiger partial charge in [0.1, 0.15) is 23.3 Å². The van der Waals surface area contributed by atoms with Crippen LogP contribution in [-0.4, -0.2) is 28.6 Å². The zero-order chi connectivity index (χ0) is 19.2. The van der Waals surface area contributed by atoms with Gasteiger partial charge in [-0.2, -0.15) is 0 Å². The SMILES string of the molecule is CC(=O)C(C(C)=O)C(C)=O.CC(C)(C)[O][Cr](=[O])(=[O])[O]C(C)(C)C. The first-order valence-corrected chi connectivity index (χ1v) is 9.14. The van der Waals surface area contributed by atoms with Crippen molar-refractivity contribution in [1.82, 2.24) is 0 Å². The molecule has 0 spiro atoms. The molecule has 0 aromatic heterocycles. The summed E-state index contributed by atoms with van der Waals surface area (Å²) in [4.78, 5) is 31.8. The van der Waals surface area contributed by atoms with Crippen LogP contribution in [0.4, 0.5) is 0 Å². The number of Topliss-reactive ketones (excluding diaryl/α,β-unsaturated/α-hetero) is 3. The molecule has 0 radical (unpaired) electrons. The molecule has 0 aromatic carbocycles. The Balaban J connectivity index is 0. The van der Waals surface area contributed by atoms with Crippen LogP contribution in [0, 0.1) is 5.92 Å². The van der Waals surface area contributed by atoms with Gasteiger partial charge >= 0.3 is 81.5 Å². The summed E-state index contributed by atoms with van der Waals surface area (Å²) in [5.41, 5.74) is -1.45. The normalized spacial score (nSPS) is 12.4. The molecule has 0 atom stereocenters. The number of rotatable bonds is 5. The van der Waals surface area contributed by atoms with E-state index in [2.05, 4.69) is 0 Å². The summed E-state index contributed by atoms with van der Waals surface area (Å²) >= 11 is -4.65. The Kier molecular flexibility index (Phi) is 9.29. The van der Waals surface area contributed by atoms with Gasteiger partial charge in [0.05, 0.1) is 0 Å². The van der Waals surface area contributed by atoms with Crippen molar-refractivity contribution in [3.8, 4) is 0 Å². The van der Waals surface area contributed by atoms with E-state index in [1.807, 2.05) is 0 Å². The van der Waals surface area contributed by atoms with Gasteiger partial charge < -0.3 is 0 Å². The molecular formula is C15H28CrO7. The number of hydrogen-bond acceptors (Lipinski definition) is 7. The molecule has 0 bridgehead atoms. The second-order valence-electron chi connectivity index (χ2n) is 7.06. The van der Waals surface area contributed by atoms with Crippen molar-refractivity contribution in [2.24, 2.45) is 5.92 Å². The molecule has 136 valence electrons. The van der Waals surface area contributed by atoms with E-state index in [0.717, 1.165) is 0 Å². The third-order valence-corrected chi connectivity index (χ3v) is 4.12. The third-order valence-electron chi connectivity index (χ3n) is 1.92. The van der Waals surface area contributed by atoms with Crippen LogP contribution < -0.4 is 0 Å². The molecule has 8 heteroatoms. The second kappa shape index (κ2) is 8.79. The average Bonchev–Trinajstić information content (AvgIpc) is 2.05. The molecule has 0 saturated heterocycles. The molecule has 0 aliphatic heterocycles. The Morgan fingerprint density at radius 1 is 0.696 bits per heavy atom. The summed E-state index contributed by atoms with van der Waals surface area (Å²) in [6, 6.07) is 0.